The third-order valence-electron chi connectivity index (χ3n) is 4.63. The number of aromatic nitrogens is 2. The second-order valence-corrected chi connectivity index (χ2v) is 6.52. The number of nitrogens with one attached hydrogen (secondary N) is 1. The van der Waals surface area contributed by atoms with Gasteiger partial charge in [0.1, 0.15) is 11.6 Å². The van der Waals surface area contributed by atoms with Crippen molar-refractivity contribution in [2.24, 2.45) is 0 Å². The van der Waals surface area contributed by atoms with Gasteiger partial charge in [0.05, 0.1) is 0 Å². The van der Waals surface area contributed by atoms with Gasteiger partial charge in [-0.05, 0) is 25.0 Å². The molecule has 4 heteroatoms. The predicted molar refractivity (Wildman–Crippen MR) is 108 cm³/mol. The first kappa shape index (κ1) is 16.3. The third kappa shape index (κ3) is 3.06. The zero-order valence-corrected chi connectivity index (χ0v) is 14.9. The molecule has 4 rings (SSSR count). The Morgan fingerprint density at radius 3 is 2.69 bits per heavy atom. The van der Waals surface area contributed by atoms with Crippen molar-refractivity contribution in [3.63, 3.8) is 0 Å². The Kier molecular flexibility index (Phi) is 4.40. The summed E-state index contributed by atoms with van der Waals surface area (Å²) >= 11 is 0. The monoisotopic (exact) mass is 342 g/mol. The highest BCUT2D eigenvalue weighted by molar-refractivity contribution is 5.72. The number of hydrogen-bond donors (Lipinski definition) is 1. The Morgan fingerprint density at radius 1 is 1.12 bits per heavy atom. The highest BCUT2D eigenvalue weighted by Crippen LogP contribution is 2.38. The van der Waals surface area contributed by atoms with E-state index in [0.717, 1.165) is 29.4 Å². The molecule has 2 heterocycles. The van der Waals surface area contributed by atoms with Gasteiger partial charge in [-0.25, -0.2) is 9.97 Å². The van der Waals surface area contributed by atoms with Crippen molar-refractivity contribution in [1.29, 1.82) is 0 Å². The van der Waals surface area contributed by atoms with Gasteiger partial charge in [-0.3, -0.25) is 0 Å². The van der Waals surface area contributed by atoms with E-state index in [1.54, 1.807) is 0 Å². The van der Waals surface area contributed by atoms with Gasteiger partial charge in [-0.1, -0.05) is 54.6 Å². The Balaban J connectivity index is 1.81. The maximum Gasteiger partial charge on any atom is 0.163 e. The van der Waals surface area contributed by atoms with E-state index in [-0.39, 0.29) is 0 Å². The van der Waals surface area contributed by atoms with Gasteiger partial charge in [0.25, 0.3) is 0 Å². The second-order valence-electron chi connectivity index (χ2n) is 6.52. The Bertz CT molecular complexity index is 920. The van der Waals surface area contributed by atoms with Crippen molar-refractivity contribution in [2.45, 2.75) is 19.4 Å². The van der Waals surface area contributed by atoms with E-state index in [9.17, 15) is 0 Å². The van der Waals surface area contributed by atoms with Gasteiger partial charge in [0.2, 0.25) is 0 Å². The van der Waals surface area contributed by atoms with Crippen molar-refractivity contribution < 1.29 is 0 Å². The van der Waals surface area contributed by atoms with Crippen LogP contribution < -0.4 is 10.2 Å². The van der Waals surface area contributed by atoms with Crippen molar-refractivity contribution in [3.8, 4) is 11.4 Å². The zero-order chi connectivity index (χ0) is 17.9. The molecule has 1 unspecified atom stereocenters. The fourth-order valence-electron chi connectivity index (χ4n) is 3.46. The maximum absolute atomic E-state index is 4.89. The molecule has 130 valence electrons. The summed E-state index contributed by atoms with van der Waals surface area (Å²) in [6.45, 7) is 6.68. The number of nitrogens with zero attached hydrogens (tertiary/aromatic N) is 3. The number of anilines is 3. The topological polar surface area (TPSA) is 41.0 Å². The molecule has 0 fully saturated rings. The SMILES string of the molecule is C=CCNc1cc(N2c3ccccc3CC2C)nc(-c2ccccc2)n1. The number of rotatable bonds is 5. The Hall–Kier alpha value is -3.14. The van der Waals surface area contributed by atoms with Crippen LogP contribution in [0.2, 0.25) is 0 Å². The Labute approximate surface area is 154 Å². The molecule has 2 aromatic carbocycles. The first-order valence-corrected chi connectivity index (χ1v) is 8.92. The van der Waals surface area contributed by atoms with Crippen LogP contribution in [-0.4, -0.2) is 22.6 Å². The average Bonchev–Trinajstić information content (AvgIpc) is 3.02. The van der Waals surface area contributed by atoms with Crippen LogP contribution in [0.1, 0.15) is 12.5 Å². The quantitative estimate of drug-likeness (QED) is 0.675. The molecule has 0 spiro atoms. The van der Waals surface area contributed by atoms with Crippen LogP contribution in [0.5, 0.6) is 0 Å². The summed E-state index contributed by atoms with van der Waals surface area (Å²) in [5, 5.41) is 3.31. The maximum atomic E-state index is 4.89. The lowest BCUT2D eigenvalue weighted by Crippen LogP contribution is -2.25. The highest BCUT2D eigenvalue weighted by Gasteiger charge is 2.28. The smallest absolute Gasteiger partial charge is 0.163 e. The predicted octanol–water partition coefficient (Wildman–Crippen LogP) is 4.82. The van der Waals surface area contributed by atoms with E-state index in [2.05, 4.69) is 48.0 Å². The molecular formula is C22H22N4. The normalized spacial score (nSPS) is 15.6. The fraction of sp³-hybridized carbons (Fsp3) is 0.182. The van der Waals surface area contributed by atoms with E-state index in [4.69, 9.17) is 9.97 Å². The van der Waals surface area contributed by atoms with E-state index in [1.165, 1.54) is 11.3 Å². The standard InChI is InChI=1S/C22H22N4/c1-3-13-23-20-15-21(25-22(24-20)17-9-5-4-6-10-17)26-16(2)14-18-11-7-8-12-19(18)26/h3-12,15-16H,1,13-14H2,2H3,(H,23,24,25). The van der Waals surface area contributed by atoms with E-state index in [1.807, 2.05) is 42.5 Å². The number of fused-ring (bicyclic) bond motifs is 1. The van der Waals surface area contributed by atoms with Crippen LogP contribution in [0.25, 0.3) is 11.4 Å². The summed E-state index contributed by atoms with van der Waals surface area (Å²) in [4.78, 5) is 11.9. The van der Waals surface area contributed by atoms with Crippen molar-refractivity contribution >= 4 is 17.3 Å². The van der Waals surface area contributed by atoms with Crippen LogP contribution in [0.15, 0.2) is 73.3 Å². The molecule has 0 aliphatic carbocycles. The van der Waals surface area contributed by atoms with Gasteiger partial charge >= 0.3 is 0 Å². The van der Waals surface area contributed by atoms with Crippen molar-refractivity contribution in [2.75, 3.05) is 16.8 Å². The second kappa shape index (κ2) is 7.00. The van der Waals surface area contributed by atoms with Crippen LogP contribution in [-0.2, 0) is 6.42 Å². The van der Waals surface area contributed by atoms with Crippen LogP contribution in [0.4, 0.5) is 17.3 Å². The van der Waals surface area contributed by atoms with Gasteiger partial charge in [0, 0.05) is 29.9 Å². The Morgan fingerprint density at radius 2 is 1.88 bits per heavy atom. The summed E-state index contributed by atoms with van der Waals surface area (Å²) in [6, 6.07) is 21.0. The molecule has 0 bridgehead atoms. The number of benzene rings is 2. The third-order valence-corrected chi connectivity index (χ3v) is 4.63. The van der Waals surface area contributed by atoms with Crippen LogP contribution >= 0.6 is 0 Å². The largest absolute Gasteiger partial charge is 0.366 e. The molecule has 1 aromatic heterocycles. The van der Waals surface area contributed by atoms with Gasteiger partial charge < -0.3 is 10.2 Å². The summed E-state index contributed by atoms with van der Waals surface area (Å²) < 4.78 is 0. The molecule has 4 nitrogen and oxygen atoms in total. The molecule has 1 atom stereocenters. The minimum Gasteiger partial charge on any atom is -0.366 e. The average molecular weight is 342 g/mol. The van der Waals surface area contributed by atoms with Gasteiger partial charge in [0.15, 0.2) is 5.82 Å². The fourth-order valence-corrected chi connectivity index (χ4v) is 3.46. The first-order chi connectivity index (χ1) is 12.8. The van der Waals surface area contributed by atoms with Crippen molar-refractivity contribution in [1.82, 2.24) is 9.97 Å². The molecule has 0 radical (unpaired) electrons. The molecule has 26 heavy (non-hydrogen) atoms. The van der Waals surface area contributed by atoms with E-state index in [0.29, 0.717) is 12.6 Å². The number of para-hydroxylation sites is 1. The van der Waals surface area contributed by atoms with Crippen LogP contribution in [0, 0.1) is 0 Å². The van der Waals surface area contributed by atoms with Crippen molar-refractivity contribution in [3.05, 3.63) is 78.9 Å². The molecule has 0 saturated heterocycles. The number of hydrogen-bond acceptors (Lipinski definition) is 4. The summed E-state index contributed by atoms with van der Waals surface area (Å²) in [6.07, 6.45) is 2.86. The molecule has 3 aromatic rings. The lowest BCUT2D eigenvalue weighted by atomic mass is 10.1. The molecular weight excluding hydrogens is 320 g/mol. The molecule has 1 aliphatic heterocycles. The summed E-state index contributed by atoms with van der Waals surface area (Å²) in [5.41, 5.74) is 3.60. The van der Waals surface area contributed by atoms with E-state index < -0.39 is 0 Å². The van der Waals surface area contributed by atoms with Gasteiger partial charge in [-0.15, -0.1) is 6.58 Å². The van der Waals surface area contributed by atoms with Gasteiger partial charge in [-0.2, -0.15) is 0 Å². The molecule has 0 saturated carbocycles. The summed E-state index contributed by atoms with van der Waals surface area (Å²) in [5.74, 6) is 2.46. The molecule has 1 aliphatic rings. The summed E-state index contributed by atoms with van der Waals surface area (Å²) in [7, 11) is 0. The van der Waals surface area contributed by atoms with Crippen LogP contribution in [0.3, 0.4) is 0 Å². The zero-order valence-electron chi connectivity index (χ0n) is 14.9. The minimum absolute atomic E-state index is 0.359. The first-order valence-electron chi connectivity index (χ1n) is 8.92. The lowest BCUT2D eigenvalue weighted by Gasteiger charge is -2.25. The highest BCUT2D eigenvalue weighted by atomic mass is 15.2. The molecule has 0 amide bonds. The lowest BCUT2D eigenvalue weighted by molar-refractivity contribution is 0.750. The molecule has 1 N–H and O–H groups in total. The minimum atomic E-state index is 0.359. The van der Waals surface area contributed by atoms with E-state index >= 15 is 0 Å².